The van der Waals surface area contributed by atoms with Crippen molar-refractivity contribution in [1.82, 2.24) is 25.0 Å². The first-order valence-corrected chi connectivity index (χ1v) is 11.6. The molecule has 0 saturated carbocycles. The van der Waals surface area contributed by atoms with E-state index in [2.05, 4.69) is 42.0 Å². The van der Waals surface area contributed by atoms with Gasteiger partial charge in [-0.05, 0) is 37.1 Å². The minimum Gasteiger partial charge on any atom is -0.377 e. The van der Waals surface area contributed by atoms with Crippen LogP contribution in [0.4, 0.5) is 11.6 Å². The van der Waals surface area contributed by atoms with Gasteiger partial charge < -0.3 is 19.4 Å². The second-order valence-electron chi connectivity index (χ2n) is 8.69. The van der Waals surface area contributed by atoms with Crippen LogP contribution in [0.25, 0.3) is 0 Å². The minimum absolute atomic E-state index is 0.0621. The van der Waals surface area contributed by atoms with Gasteiger partial charge in [-0.2, -0.15) is 0 Å². The summed E-state index contributed by atoms with van der Waals surface area (Å²) in [5.41, 5.74) is 0.688. The molecular formula is C23H31N7O2. The van der Waals surface area contributed by atoms with E-state index in [4.69, 9.17) is 4.74 Å². The molecular weight excluding hydrogens is 406 g/mol. The molecule has 1 unspecified atom stereocenters. The van der Waals surface area contributed by atoms with Gasteiger partial charge in [0.2, 0.25) is 0 Å². The predicted molar refractivity (Wildman–Crippen MR) is 122 cm³/mol. The number of anilines is 2. The summed E-state index contributed by atoms with van der Waals surface area (Å²) in [4.78, 5) is 25.5. The van der Waals surface area contributed by atoms with Gasteiger partial charge in [0.05, 0.1) is 6.10 Å². The Labute approximate surface area is 189 Å². The van der Waals surface area contributed by atoms with E-state index >= 15 is 0 Å². The first-order valence-electron chi connectivity index (χ1n) is 11.6. The highest BCUT2D eigenvalue weighted by Gasteiger charge is 2.25. The molecule has 1 amide bonds. The highest BCUT2D eigenvalue weighted by molar-refractivity contribution is 5.94. The lowest BCUT2D eigenvalue weighted by atomic mass is 10.2. The number of nitrogens with zero attached hydrogens (tertiary/aromatic N) is 7. The van der Waals surface area contributed by atoms with Gasteiger partial charge in [-0.25, -0.2) is 0 Å². The molecule has 9 nitrogen and oxygen atoms in total. The standard InChI is InChI=1S/C23H31N7O2/c31-23(19-5-7-24-8-6-19)30-15-13-29(14-16-30)22-4-3-21(25-26-22)28-11-9-27(10-12-28)18-20-2-1-17-32-20/h3-8,20H,1-2,9-18H2. The first-order chi connectivity index (χ1) is 15.8. The number of carbonyl (C=O) groups is 1. The maximum Gasteiger partial charge on any atom is 0.254 e. The number of hydrogen-bond acceptors (Lipinski definition) is 8. The zero-order valence-electron chi connectivity index (χ0n) is 18.5. The molecule has 2 aromatic heterocycles. The summed E-state index contributed by atoms with van der Waals surface area (Å²) in [6.07, 6.45) is 6.12. The van der Waals surface area contributed by atoms with Crippen molar-refractivity contribution in [3.63, 3.8) is 0 Å². The normalized spacial score (nSPS) is 22.4. The summed E-state index contributed by atoms with van der Waals surface area (Å²) in [5, 5.41) is 9.01. The quantitative estimate of drug-likeness (QED) is 0.689. The van der Waals surface area contributed by atoms with Gasteiger partial charge in [-0.3, -0.25) is 14.7 Å². The van der Waals surface area contributed by atoms with Crippen LogP contribution in [0.2, 0.25) is 0 Å². The highest BCUT2D eigenvalue weighted by Crippen LogP contribution is 2.20. The summed E-state index contributed by atoms with van der Waals surface area (Å²) < 4.78 is 5.77. The third-order valence-corrected chi connectivity index (χ3v) is 6.64. The lowest BCUT2D eigenvalue weighted by Crippen LogP contribution is -2.49. The van der Waals surface area contributed by atoms with Crippen molar-refractivity contribution in [1.29, 1.82) is 0 Å². The van der Waals surface area contributed by atoms with E-state index in [0.29, 0.717) is 24.8 Å². The van der Waals surface area contributed by atoms with Crippen molar-refractivity contribution >= 4 is 17.5 Å². The van der Waals surface area contributed by atoms with Crippen molar-refractivity contribution in [2.45, 2.75) is 18.9 Å². The van der Waals surface area contributed by atoms with Gasteiger partial charge in [0.1, 0.15) is 0 Å². The van der Waals surface area contributed by atoms with E-state index in [0.717, 1.165) is 64.1 Å². The third-order valence-electron chi connectivity index (χ3n) is 6.64. The van der Waals surface area contributed by atoms with E-state index in [1.165, 1.54) is 12.8 Å². The number of amides is 1. The molecule has 32 heavy (non-hydrogen) atoms. The van der Waals surface area contributed by atoms with E-state index < -0.39 is 0 Å². The second-order valence-corrected chi connectivity index (χ2v) is 8.69. The van der Waals surface area contributed by atoms with Crippen LogP contribution < -0.4 is 9.80 Å². The van der Waals surface area contributed by atoms with Crippen LogP contribution in [0, 0.1) is 0 Å². The summed E-state index contributed by atoms with van der Waals surface area (Å²) in [5.74, 6) is 1.88. The lowest BCUT2D eigenvalue weighted by Gasteiger charge is -2.37. The molecule has 3 aliphatic heterocycles. The maximum absolute atomic E-state index is 12.6. The van der Waals surface area contributed by atoms with Crippen LogP contribution in [0.5, 0.6) is 0 Å². The fourth-order valence-corrected chi connectivity index (χ4v) is 4.71. The van der Waals surface area contributed by atoms with Crippen molar-refractivity contribution < 1.29 is 9.53 Å². The Morgan fingerprint density at radius 3 is 2.06 bits per heavy atom. The Hall–Kier alpha value is -2.78. The first kappa shape index (κ1) is 21.1. The number of hydrogen-bond donors (Lipinski definition) is 0. The predicted octanol–water partition coefficient (Wildman–Crippen LogP) is 1.14. The van der Waals surface area contributed by atoms with E-state index in [-0.39, 0.29) is 5.91 Å². The molecule has 0 aromatic carbocycles. The lowest BCUT2D eigenvalue weighted by molar-refractivity contribution is 0.0712. The number of carbonyl (C=O) groups excluding carboxylic acids is 1. The topological polar surface area (TPSA) is 77.9 Å². The summed E-state index contributed by atoms with van der Waals surface area (Å²) >= 11 is 0. The van der Waals surface area contributed by atoms with Crippen LogP contribution in [0.3, 0.4) is 0 Å². The van der Waals surface area contributed by atoms with Crippen molar-refractivity contribution in [2.75, 3.05) is 75.3 Å². The summed E-state index contributed by atoms with van der Waals surface area (Å²) in [7, 11) is 0. The van der Waals surface area contributed by atoms with Crippen LogP contribution in [-0.2, 0) is 4.74 Å². The molecule has 0 spiro atoms. The fraction of sp³-hybridized carbons (Fsp3) is 0.565. The van der Waals surface area contributed by atoms with Crippen molar-refractivity contribution in [3.05, 3.63) is 42.2 Å². The highest BCUT2D eigenvalue weighted by atomic mass is 16.5. The smallest absolute Gasteiger partial charge is 0.254 e. The molecule has 0 radical (unpaired) electrons. The summed E-state index contributed by atoms with van der Waals surface area (Å²) in [6.45, 7) is 8.85. The van der Waals surface area contributed by atoms with Gasteiger partial charge in [0.15, 0.2) is 11.6 Å². The number of rotatable bonds is 5. The van der Waals surface area contributed by atoms with Gasteiger partial charge in [0, 0.05) is 83.5 Å². The molecule has 9 heteroatoms. The molecule has 1 atom stereocenters. The fourth-order valence-electron chi connectivity index (χ4n) is 4.71. The SMILES string of the molecule is O=C(c1ccncc1)N1CCN(c2ccc(N3CCN(CC4CCCO4)CC3)nn2)CC1. The zero-order valence-corrected chi connectivity index (χ0v) is 18.5. The Kier molecular flexibility index (Phi) is 6.45. The van der Waals surface area contributed by atoms with E-state index in [1.807, 2.05) is 4.90 Å². The summed E-state index contributed by atoms with van der Waals surface area (Å²) in [6, 6.07) is 7.66. The van der Waals surface area contributed by atoms with Gasteiger partial charge >= 0.3 is 0 Å². The minimum atomic E-state index is 0.0621. The van der Waals surface area contributed by atoms with Gasteiger partial charge in [0.25, 0.3) is 5.91 Å². The Morgan fingerprint density at radius 1 is 0.875 bits per heavy atom. The largest absolute Gasteiger partial charge is 0.377 e. The molecule has 2 aromatic rings. The second kappa shape index (κ2) is 9.79. The van der Waals surface area contributed by atoms with Gasteiger partial charge in [-0.1, -0.05) is 0 Å². The van der Waals surface area contributed by atoms with Crippen molar-refractivity contribution in [3.8, 4) is 0 Å². The molecule has 3 fully saturated rings. The molecule has 170 valence electrons. The van der Waals surface area contributed by atoms with Crippen LogP contribution in [0.1, 0.15) is 23.2 Å². The number of pyridine rings is 1. The zero-order chi connectivity index (χ0) is 21.8. The Bertz CT molecular complexity index is 873. The Balaban J connectivity index is 1.10. The average Bonchev–Trinajstić information content (AvgIpc) is 3.38. The molecule has 3 aliphatic rings. The molecule has 5 rings (SSSR count). The van der Waals surface area contributed by atoms with E-state index in [1.54, 1.807) is 24.5 Å². The van der Waals surface area contributed by atoms with Gasteiger partial charge in [-0.15, -0.1) is 10.2 Å². The van der Waals surface area contributed by atoms with Crippen LogP contribution in [0.15, 0.2) is 36.7 Å². The third kappa shape index (κ3) is 4.83. The number of piperazine rings is 2. The molecule has 0 bridgehead atoms. The molecule has 0 N–H and O–H groups in total. The van der Waals surface area contributed by atoms with Crippen molar-refractivity contribution in [2.24, 2.45) is 0 Å². The number of ether oxygens (including phenoxy) is 1. The average molecular weight is 438 g/mol. The monoisotopic (exact) mass is 437 g/mol. The van der Waals surface area contributed by atoms with E-state index in [9.17, 15) is 4.79 Å². The Morgan fingerprint density at radius 2 is 1.50 bits per heavy atom. The van der Waals surface area contributed by atoms with Crippen LogP contribution in [-0.4, -0.2) is 103 Å². The molecule has 5 heterocycles. The number of aromatic nitrogens is 3. The maximum atomic E-state index is 12.6. The molecule has 3 saturated heterocycles. The van der Waals surface area contributed by atoms with Crippen LogP contribution >= 0.6 is 0 Å². The molecule has 0 aliphatic carbocycles.